The first kappa shape index (κ1) is 15.2. The van der Waals surface area contributed by atoms with Crippen molar-refractivity contribution in [2.45, 2.75) is 12.3 Å². The van der Waals surface area contributed by atoms with Gasteiger partial charge < -0.3 is 15.4 Å². The number of rotatable bonds is 3. The number of hydrogen-bond donors (Lipinski definition) is 2. The van der Waals surface area contributed by atoms with Crippen molar-refractivity contribution >= 4 is 39.9 Å². The SMILES string of the molecule is COC(=O)c1cnc(NC(=O)[C@H]2CC(=O)Nc3ccccc32)s1. The van der Waals surface area contributed by atoms with E-state index in [1.54, 1.807) is 18.2 Å². The van der Waals surface area contributed by atoms with Gasteiger partial charge in [-0.25, -0.2) is 9.78 Å². The molecule has 1 aliphatic heterocycles. The number of benzene rings is 1. The molecule has 1 atom stereocenters. The van der Waals surface area contributed by atoms with Gasteiger partial charge in [0.1, 0.15) is 4.88 Å². The van der Waals surface area contributed by atoms with Crippen molar-refractivity contribution in [3.05, 3.63) is 40.9 Å². The lowest BCUT2D eigenvalue weighted by Gasteiger charge is -2.24. The zero-order chi connectivity index (χ0) is 16.4. The molecule has 0 bridgehead atoms. The molecule has 0 fully saturated rings. The second kappa shape index (κ2) is 6.17. The molecule has 23 heavy (non-hydrogen) atoms. The Morgan fingerprint density at radius 2 is 2.17 bits per heavy atom. The van der Waals surface area contributed by atoms with Crippen molar-refractivity contribution in [1.29, 1.82) is 0 Å². The molecule has 8 heteroatoms. The first-order valence-electron chi connectivity index (χ1n) is 6.82. The molecule has 0 unspecified atom stereocenters. The van der Waals surface area contributed by atoms with Crippen LogP contribution in [0.4, 0.5) is 10.8 Å². The van der Waals surface area contributed by atoms with Crippen LogP contribution in [0, 0.1) is 0 Å². The van der Waals surface area contributed by atoms with Crippen LogP contribution in [0.5, 0.6) is 0 Å². The van der Waals surface area contributed by atoms with Gasteiger partial charge in [-0.15, -0.1) is 0 Å². The highest BCUT2D eigenvalue weighted by Crippen LogP contribution is 2.33. The van der Waals surface area contributed by atoms with E-state index in [-0.39, 0.29) is 18.2 Å². The number of esters is 1. The molecule has 2 amide bonds. The molecule has 1 aromatic heterocycles. The molecule has 2 N–H and O–H groups in total. The minimum Gasteiger partial charge on any atom is -0.465 e. The molecule has 1 aromatic carbocycles. The van der Waals surface area contributed by atoms with Crippen molar-refractivity contribution < 1.29 is 19.1 Å². The Bertz CT molecular complexity index is 787. The number of nitrogens with one attached hydrogen (secondary N) is 2. The van der Waals surface area contributed by atoms with Crippen LogP contribution in [0.2, 0.25) is 0 Å². The fourth-order valence-electron chi connectivity index (χ4n) is 2.36. The maximum atomic E-state index is 12.5. The van der Waals surface area contributed by atoms with E-state index in [0.717, 1.165) is 16.9 Å². The summed E-state index contributed by atoms with van der Waals surface area (Å²) < 4.78 is 4.60. The topological polar surface area (TPSA) is 97.4 Å². The van der Waals surface area contributed by atoms with Crippen LogP contribution in [0.1, 0.15) is 27.6 Å². The number of carbonyl (C=O) groups excluding carboxylic acids is 3. The minimum absolute atomic E-state index is 0.0675. The van der Waals surface area contributed by atoms with E-state index in [4.69, 9.17) is 0 Å². The van der Waals surface area contributed by atoms with Gasteiger partial charge in [0, 0.05) is 12.1 Å². The first-order chi connectivity index (χ1) is 11.1. The fourth-order valence-corrected chi connectivity index (χ4v) is 3.10. The number of carbonyl (C=O) groups is 3. The number of amides is 2. The zero-order valence-corrected chi connectivity index (χ0v) is 13.0. The second-order valence-corrected chi connectivity index (χ2v) is 5.93. The number of thiazole rings is 1. The van der Waals surface area contributed by atoms with Gasteiger partial charge in [-0.3, -0.25) is 9.59 Å². The van der Waals surface area contributed by atoms with Crippen molar-refractivity contribution in [2.24, 2.45) is 0 Å². The van der Waals surface area contributed by atoms with E-state index in [1.165, 1.54) is 13.3 Å². The molecule has 3 rings (SSSR count). The molecule has 7 nitrogen and oxygen atoms in total. The van der Waals surface area contributed by atoms with Gasteiger partial charge >= 0.3 is 5.97 Å². The average molecular weight is 331 g/mol. The first-order valence-corrected chi connectivity index (χ1v) is 7.64. The van der Waals surface area contributed by atoms with Crippen molar-refractivity contribution in [1.82, 2.24) is 4.98 Å². The van der Waals surface area contributed by atoms with E-state index < -0.39 is 11.9 Å². The van der Waals surface area contributed by atoms with Crippen LogP contribution >= 0.6 is 11.3 Å². The van der Waals surface area contributed by atoms with Gasteiger partial charge in [0.05, 0.1) is 19.2 Å². The molecule has 2 aromatic rings. The summed E-state index contributed by atoms with van der Waals surface area (Å²) in [5.41, 5.74) is 1.40. The lowest BCUT2D eigenvalue weighted by atomic mass is 9.90. The molecule has 0 radical (unpaired) electrons. The third-order valence-electron chi connectivity index (χ3n) is 3.44. The number of nitrogens with zero attached hydrogens (tertiary/aromatic N) is 1. The molecule has 1 aliphatic rings. The van der Waals surface area contributed by atoms with Crippen LogP contribution in [0.15, 0.2) is 30.5 Å². The van der Waals surface area contributed by atoms with E-state index in [9.17, 15) is 14.4 Å². The Kier molecular flexibility index (Phi) is 4.07. The summed E-state index contributed by atoms with van der Waals surface area (Å²) in [6.45, 7) is 0. The van der Waals surface area contributed by atoms with Crippen LogP contribution in [-0.2, 0) is 14.3 Å². The number of methoxy groups -OCH3 is 1. The Labute approximate surface area is 135 Å². The molecule has 2 heterocycles. The van der Waals surface area contributed by atoms with E-state index in [1.807, 2.05) is 6.07 Å². The number of aromatic nitrogens is 1. The maximum absolute atomic E-state index is 12.5. The Morgan fingerprint density at radius 3 is 2.96 bits per heavy atom. The zero-order valence-electron chi connectivity index (χ0n) is 12.2. The van der Waals surface area contributed by atoms with Gasteiger partial charge in [-0.05, 0) is 11.6 Å². The van der Waals surface area contributed by atoms with Crippen LogP contribution in [0.3, 0.4) is 0 Å². The lowest BCUT2D eigenvalue weighted by molar-refractivity contribution is -0.123. The standard InChI is InChI=1S/C15H13N3O4S/c1-22-14(21)11-7-16-15(23-11)18-13(20)9-6-12(19)17-10-5-3-2-4-8(9)10/h2-5,7,9H,6H2,1H3,(H,17,19)(H,16,18,20)/t9-/m0/s1. The van der Waals surface area contributed by atoms with Crippen molar-refractivity contribution in [3.63, 3.8) is 0 Å². The van der Waals surface area contributed by atoms with Gasteiger partial charge in [-0.2, -0.15) is 0 Å². The summed E-state index contributed by atoms with van der Waals surface area (Å²) in [6, 6.07) is 7.17. The summed E-state index contributed by atoms with van der Waals surface area (Å²) in [5.74, 6) is -1.65. The van der Waals surface area contributed by atoms with Crippen LogP contribution in [0.25, 0.3) is 0 Å². The second-order valence-electron chi connectivity index (χ2n) is 4.90. The normalized spacial score (nSPS) is 16.2. The average Bonchev–Trinajstić information content (AvgIpc) is 3.01. The summed E-state index contributed by atoms with van der Waals surface area (Å²) in [4.78, 5) is 39.9. The summed E-state index contributed by atoms with van der Waals surface area (Å²) in [6.07, 6.45) is 1.41. The van der Waals surface area contributed by atoms with Gasteiger partial charge in [0.15, 0.2) is 5.13 Å². The minimum atomic E-state index is -0.592. The predicted molar refractivity (Wildman–Crippen MR) is 84.5 cm³/mol. The highest BCUT2D eigenvalue weighted by Gasteiger charge is 2.31. The summed E-state index contributed by atoms with van der Waals surface area (Å²) >= 11 is 1.02. The number of fused-ring (bicyclic) bond motifs is 1. The molecule has 0 spiro atoms. The molecular formula is C15H13N3O4S. The van der Waals surface area contributed by atoms with E-state index in [0.29, 0.717) is 15.7 Å². The number of ether oxygens (including phenoxy) is 1. The predicted octanol–water partition coefficient (Wildman–Crippen LogP) is 1.99. The fraction of sp³-hybridized carbons (Fsp3) is 0.200. The Hall–Kier alpha value is -2.74. The van der Waals surface area contributed by atoms with Crippen molar-refractivity contribution in [2.75, 3.05) is 17.7 Å². The molecular weight excluding hydrogens is 318 g/mol. The molecule has 118 valence electrons. The number of anilines is 2. The maximum Gasteiger partial charge on any atom is 0.349 e. The number of hydrogen-bond acceptors (Lipinski definition) is 6. The van der Waals surface area contributed by atoms with E-state index in [2.05, 4.69) is 20.4 Å². The third-order valence-corrected chi connectivity index (χ3v) is 4.33. The van der Waals surface area contributed by atoms with Gasteiger partial charge in [0.25, 0.3) is 0 Å². The van der Waals surface area contributed by atoms with Crippen LogP contribution in [-0.4, -0.2) is 29.9 Å². The van der Waals surface area contributed by atoms with Crippen LogP contribution < -0.4 is 10.6 Å². The number of para-hydroxylation sites is 1. The Morgan fingerprint density at radius 1 is 1.39 bits per heavy atom. The monoisotopic (exact) mass is 331 g/mol. The molecule has 0 aliphatic carbocycles. The quantitative estimate of drug-likeness (QED) is 0.838. The van der Waals surface area contributed by atoms with Crippen molar-refractivity contribution in [3.8, 4) is 0 Å². The summed E-state index contributed by atoms with van der Waals surface area (Å²) in [5, 5.41) is 5.69. The largest absolute Gasteiger partial charge is 0.465 e. The molecule has 0 saturated heterocycles. The van der Waals surface area contributed by atoms with E-state index >= 15 is 0 Å². The van der Waals surface area contributed by atoms with Gasteiger partial charge in [-0.1, -0.05) is 29.5 Å². The lowest BCUT2D eigenvalue weighted by Crippen LogP contribution is -2.30. The highest BCUT2D eigenvalue weighted by atomic mass is 32.1. The smallest absolute Gasteiger partial charge is 0.349 e. The Balaban J connectivity index is 1.80. The highest BCUT2D eigenvalue weighted by molar-refractivity contribution is 7.17. The molecule has 0 saturated carbocycles. The van der Waals surface area contributed by atoms with Gasteiger partial charge in [0.2, 0.25) is 11.8 Å². The summed E-state index contributed by atoms with van der Waals surface area (Å²) in [7, 11) is 1.28. The third kappa shape index (κ3) is 3.07.